The molecule has 1 fully saturated rings. The van der Waals surface area contributed by atoms with E-state index in [1.807, 2.05) is 0 Å². The number of aromatic nitrogens is 1. The topological polar surface area (TPSA) is 117 Å². The van der Waals surface area contributed by atoms with Crippen molar-refractivity contribution in [2.75, 3.05) is 13.2 Å². The number of carbonyl (C=O) groups is 1. The van der Waals surface area contributed by atoms with Crippen LogP contribution in [0.3, 0.4) is 0 Å². The molecule has 0 radical (unpaired) electrons. The predicted octanol–water partition coefficient (Wildman–Crippen LogP) is 2.77. The lowest BCUT2D eigenvalue weighted by atomic mass is 10.1. The molecule has 0 spiro atoms. The second-order valence-electron chi connectivity index (χ2n) is 5.60. The van der Waals surface area contributed by atoms with Gasteiger partial charge in [-0.3, -0.25) is 0 Å². The SMILES string of the molecule is N=CCC(=N)c1ccc(Oc2ccc(OCC3COC(=O)N3)cc2)nc1. The second-order valence-corrected chi connectivity index (χ2v) is 5.60. The van der Waals surface area contributed by atoms with Crippen molar-refractivity contribution >= 4 is 18.0 Å². The Bertz CT molecular complexity index is 790. The molecule has 0 bridgehead atoms. The molecule has 1 unspecified atom stereocenters. The second kappa shape index (κ2) is 8.11. The average Bonchev–Trinajstić information content (AvgIpc) is 3.07. The molecule has 1 aliphatic rings. The van der Waals surface area contributed by atoms with Gasteiger partial charge in [-0.05, 0) is 30.3 Å². The van der Waals surface area contributed by atoms with Gasteiger partial charge in [0.15, 0.2) is 0 Å². The van der Waals surface area contributed by atoms with E-state index in [9.17, 15) is 4.79 Å². The summed E-state index contributed by atoms with van der Waals surface area (Å²) >= 11 is 0. The fraction of sp³-hybridized carbons (Fsp3) is 0.222. The van der Waals surface area contributed by atoms with Crippen molar-refractivity contribution in [2.45, 2.75) is 12.5 Å². The highest BCUT2D eigenvalue weighted by Crippen LogP contribution is 2.23. The first kappa shape index (κ1) is 17.4. The van der Waals surface area contributed by atoms with E-state index in [2.05, 4.69) is 10.3 Å². The molecule has 2 aromatic rings. The summed E-state index contributed by atoms with van der Waals surface area (Å²) in [6.45, 7) is 0.635. The van der Waals surface area contributed by atoms with Crippen molar-refractivity contribution in [1.29, 1.82) is 10.8 Å². The zero-order valence-corrected chi connectivity index (χ0v) is 13.9. The zero-order valence-electron chi connectivity index (χ0n) is 13.9. The number of hydrogen-bond acceptors (Lipinski definition) is 7. The van der Waals surface area contributed by atoms with Gasteiger partial charge in [0.1, 0.15) is 30.8 Å². The van der Waals surface area contributed by atoms with Crippen LogP contribution in [0.5, 0.6) is 17.4 Å². The summed E-state index contributed by atoms with van der Waals surface area (Å²) in [6.07, 6.45) is 2.59. The number of benzene rings is 1. The first-order valence-corrected chi connectivity index (χ1v) is 8.01. The van der Waals surface area contributed by atoms with E-state index < -0.39 is 6.09 Å². The third-order valence-corrected chi connectivity index (χ3v) is 3.63. The third-order valence-electron chi connectivity index (χ3n) is 3.63. The summed E-state index contributed by atoms with van der Waals surface area (Å²) in [5, 5.41) is 17.5. The molecule has 1 amide bonds. The minimum atomic E-state index is -0.422. The Morgan fingerprint density at radius 3 is 2.65 bits per heavy atom. The van der Waals surface area contributed by atoms with Crippen LogP contribution in [0.4, 0.5) is 4.79 Å². The maximum Gasteiger partial charge on any atom is 0.407 e. The van der Waals surface area contributed by atoms with Crippen LogP contribution in [0, 0.1) is 10.8 Å². The van der Waals surface area contributed by atoms with Gasteiger partial charge in [0.05, 0.1) is 0 Å². The van der Waals surface area contributed by atoms with Gasteiger partial charge in [0, 0.05) is 36.2 Å². The number of carbonyl (C=O) groups excluding carboxylic acids is 1. The molecule has 26 heavy (non-hydrogen) atoms. The molecular formula is C18H18N4O4. The molecule has 1 aromatic heterocycles. The molecule has 1 saturated heterocycles. The van der Waals surface area contributed by atoms with Crippen molar-refractivity contribution in [3.05, 3.63) is 48.2 Å². The van der Waals surface area contributed by atoms with E-state index in [4.69, 9.17) is 25.0 Å². The van der Waals surface area contributed by atoms with Gasteiger partial charge in [-0.2, -0.15) is 0 Å². The van der Waals surface area contributed by atoms with Gasteiger partial charge in [0.2, 0.25) is 5.88 Å². The van der Waals surface area contributed by atoms with Crippen molar-refractivity contribution in [3.63, 3.8) is 0 Å². The predicted molar refractivity (Wildman–Crippen MR) is 94.7 cm³/mol. The standard InChI is InChI=1S/C18H18N4O4/c19-8-7-16(20)12-1-6-17(21-9-12)26-15-4-2-14(3-5-15)24-10-13-11-25-18(23)22-13/h1-6,8-9,13,19-20H,7,10-11H2,(H,22,23). The quantitative estimate of drug-likeness (QED) is 0.630. The lowest BCUT2D eigenvalue weighted by molar-refractivity contribution is 0.174. The Labute approximate surface area is 150 Å². The number of pyridine rings is 1. The highest BCUT2D eigenvalue weighted by Gasteiger charge is 2.22. The molecule has 0 saturated carbocycles. The monoisotopic (exact) mass is 354 g/mol. The molecule has 134 valence electrons. The number of ether oxygens (including phenoxy) is 3. The van der Waals surface area contributed by atoms with Crippen molar-refractivity contribution < 1.29 is 19.0 Å². The highest BCUT2D eigenvalue weighted by atomic mass is 16.6. The molecular weight excluding hydrogens is 336 g/mol. The number of alkyl carbamates (subject to hydrolysis) is 1. The molecule has 0 aliphatic carbocycles. The molecule has 3 N–H and O–H groups in total. The third kappa shape index (κ3) is 4.56. The Morgan fingerprint density at radius 1 is 1.27 bits per heavy atom. The van der Waals surface area contributed by atoms with Gasteiger partial charge in [-0.1, -0.05) is 0 Å². The van der Waals surface area contributed by atoms with Crippen LogP contribution in [-0.4, -0.2) is 42.3 Å². The van der Waals surface area contributed by atoms with Gasteiger partial charge in [-0.15, -0.1) is 0 Å². The van der Waals surface area contributed by atoms with E-state index in [0.717, 1.165) is 0 Å². The van der Waals surface area contributed by atoms with Crippen molar-refractivity contribution in [3.8, 4) is 17.4 Å². The van der Waals surface area contributed by atoms with E-state index in [1.54, 1.807) is 42.6 Å². The van der Waals surface area contributed by atoms with Crippen LogP contribution in [0.2, 0.25) is 0 Å². The molecule has 2 heterocycles. The summed E-state index contributed by atoms with van der Waals surface area (Å²) in [7, 11) is 0. The van der Waals surface area contributed by atoms with Gasteiger partial charge in [-0.25, -0.2) is 9.78 Å². The zero-order chi connectivity index (χ0) is 18.4. The Balaban J connectivity index is 1.53. The number of amides is 1. The molecule has 8 nitrogen and oxygen atoms in total. The van der Waals surface area contributed by atoms with Crippen LogP contribution in [0.25, 0.3) is 0 Å². The average molecular weight is 354 g/mol. The van der Waals surface area contributed by atoms with Gasteiger partial charge in [0.25, 0.3) is 0 Å². The molecule has 8 heteroatoms. The summed E-state index contributed by atoms with van der Waals surface area (Å²) in [5.74, 6) is 1.67. The fourth-order valence-electron chi connectivity index (χ4n) is 2.28. The number of nitrogens with zero attached hydrogens (tertiary/aromatic N) is 1. The first-order chi connectivity index (χ1) is 12.6. The lowest BCUT2D eigenvalue weighted by Gasteiger charge is -2.11. The maximum atomic E-state index is 10.9. The highest BCUT2D eigenvalue weighted by molar-refractivity contribution is 6.04. The summed E-state index contributed by atoms with van der Waals surface area (Å²) in [6, 6.07) is 10.3. The van der Waals surface area contributed by atoms with Gasteiger partial charge < -0.3 is 30.3 Å². The first-order valence-electron chi connectivity index (χ1n) is 8.01. The van der Waals surface area contributed by atoms with Gasteiger partial charge >= 0.3 is 6.09 Å². The molecule has 1 atom stereocenters. The smallest absolute Gasteiger partial charge is 0.407 e. The Morgan fingerprint density at radius 2 is 2.04 bits per heavy atom. The Kier molecular flexibility index (Phi) is 5.43. The minimum Gasteiger partial charge on any atom is -0.491 e. The van der Waals surface area contributed by atoms with Crippen molar-refractivity contribution in [2.24, 2.45) is 0 Å². The van der Waals surface area contributed by atoms with E-state index in [-0.39, 0.29) is 12.5 Å². The summed E-state index contributed by atoms with van der Waals surface area (Å²) in [4.78, 5) is 15.1. The lowest BCUT2D eigenvalue weighted by Crippen LogP contribution is -2.32. The number of rotatable bonds is 8. The largest absolute Gasteiger partial charge is 0.491 e. The van der Waals surface area contributed by atoms with E-state index in [0.29, 0.717) is 41.9 Å². The van der Waals surface area contributed by atoms with Crippen LogP contribution in [0.1, 0.15) is 12.0 Å². The maximum absolute atomic E-state index is 10.9. The molecule has 1 aromatic carbocycles. The van der Waals surface area contributed by atoms with Crippen LogP contribution >= 0.6 is 0 Å². The molecule has 1 aliphatic heterocycles. The van der Waals surface area contributed by atoms with E-state index in [1.165, 1.54) is 6.21 Å². The van der Waals surface area contributed by atoms with E-state index >= 15 is 0 Å². The van der Waals surface area contributed by atoms with Crippen LogP contribution < -0.4 is 14.8 Å². The summed E-state index contributed by atoms with van der Waals surface area (Å²) in [5.41, 5.74) is 0.997. The number of hydrogen-bond donors (Lipinski definition) is 3. The number of nitrogens with one attached hydrogen (secondary N) is 3. The van der Waals surface area contributed by atoms with Crippen LogP contribution in [0.15, 0.2) is 42.6 Å². The number of cyclic esters (lactones) is 1. The van der Waals surface area contributed by atoms with Crippen molar-refractivity contribution in [1.82, 2.24) is 10.3 Å². The normalized spacial score (nSPS) is 15.7. The minimum absolute atomic E-state index is 0.146. The molecule has 3 rings (SSSR count). The Hall–Kier alpha value is -3.42. The van der Waals surface area contributed by atoms with Crippen LogP contribution in [-0.2, 0) is 4.74 Å². The fourth-order valence-corrected chi connectivity index (χ4v) is 2.28. The summed E-state index contributed by atoms with van der Waals surface area (Å²) < 4.78 is 16.1.